The van der Waals surface area contributed by atoms with E-state index in [-0.39, 0.29) is 19.4 Å². The third-order valence-corrected chi connectivity index (χ3v) is 11.8. The van der Waals surface area contributed by atoms with Crippen molar-refractivity contribution in [2.75, 3.05) is 26.4 Å². The largest absolute Gasteiger partial charge is 0.462 e. The first kappa shape index (κ1) is 59.6. The molecule has 11 atom stereocenters. The second-order valence-corrected chi connectivity index (χ2v) is 17.6. The molecule has 0 aromatic rings. The van der Waals surface area contributed by atoms with Gasteiger partial charge in [-0.15, -0.1) is 0 Å². The van der Waals surface area contributed by atoms with E-state index in [1.807, 2.05) is 0 Å². The lowest BCUT2D eigenvalue weighted by Gasteiger charge is -2.42. The molecule has 66 heavy (non-hydrogen) atoms. The standard InChI is InChI=1S/C51H88O15/c1-3-5-7-9-11-13-15-17-19-21-23-25-27-29-31-33-42(53)61-36-39(64-43(54)34-32-30-28-26-24-22-20-18-16-14-12-10-8-6-4-2)37-62-50-49(60)47(58)45(56)41(66-50)38-63-51-48(59)46(57)44(55)40(35-52)65-51/h11,13,17,19,23-26,39-41,44-52,55-60H,3-10,12,14-16,18,20-22,27-38H2,1-2H3/b13-11+,19-17+,25-23+,26-24+/t39-,40-,41-,44+,45+,46?,47?,48?,49?,50-,51-/m1/s1. The first-order valence-electron chi connectivity index (χ1n) is 25.2. The maximum Gasteiger partial charge on any atom is 0.306 e. The van der Waals surface area contributed by atoms with Crippen molar-refractivity contribution in [3.8, 4) is 0 Å². The quantitative estimate of drug-likeness (QED) is 0.0194. The van der Waals surface area contributed by atoms with Crippen LogP contribution < -0.4 is 0 Å². The molecule has 7 N–H and O–H groups in total. The number of aliphatic hydroxyl groups is 7. The summed E-state index contributed by atoms with van der Waals surface area (Å²) >= 11 is 0. The Morgan fingerprint density at radius 2 is 0.909 bits per heavy atom. The van der Waals surface area contributed by atoms with E-state index < -0.39 is 99.3 Å². The van der Waals surface area contributed by atoms with Gasteiger partial charge in [-0.3, -0.25) is 9.59 Å². The fourth-order valence-electron chi connectivity index (χ4n) is 7.57. The highest BCUT2D eigenvalue weighted by Gasteiger charge is 2.47. The zero-order valence-electron chi connectivity index (χ0n) is 40.2. The van der Waals surface area contributed by atoms with Crippen LogP contribution in [0.5, 0.6) is 0 Å². The first-order valence-corrected chi connectivity index (χ1v) is 25.2. The van der Waals surface area contributed by atoms with E-state index in [0.717, 1.165) is 51.4 Å². The molecule has 0 bridgehead atoms. The molecule has 2 fully saturated rings. The molecule has 2 heterocycles. The Hall–Kier alpha value is -2.54. The summed E-state index contributed by atoms with van der Waals surface area (Å²) in [5, 5.41) is 72.0. The van der Waals surface area contributed by atoms with Gasteiger partial charge in [0.15, 0.2) is 18.7 Å². The summed E-state index contributed by atoms with van der Waals surface area (Å²) in [6, 6.07) is 0. The third kappa shape index (κ3) is 26.3. The number of carbonyl (C=O) groups is 2. The summed E-state index contributed by atoms with van der Waals surface area (Å²) in [5.41, 5.74) is 0. The van der Waals surface area contributed by atoms with E-state index in [2.05, 4.69) is 62.5 Å². The lowest BCUT2D eigenvalue weighted by atomic mass is 9.98. The monoisotopic (exact) mass is 941 g/mol. The van der Waals surface area contributed by atoms with Crippen molar-refractivity contribution in [3.63, 3.8) is 0 Å². The summed E-state index contributed by atoms with van der Waals surface area (Å²) in [4.78, 5) is 25.7. The number of carbonyl (C=O) groups excluding carboxylic acids is 2. The van der Waals surface area contributed by atoms with Gasteiger partial charge < -0.3 is 64.2 Å². The van der Waals surface area contributed by atoms with E-state index in [0.29, 0.717) is 12.8 Å². The van der Waals surface area contributed by atoms with Crippen molar-refractivity contribution < 1.29 is 73.8 Å². The molecule has 382 valence electrons. The molecule has 2 aliphatic heterocycles. The molecular formula is C51H88O15. The van der Waals surface area contributed by atoms with Crippen LogP contribution in [0, 0.1) is 0 Å². The molecule has 2 aliphatic rings. The minimum atomic E-state index is -1.77. The Morgan fingerprint density at radius 1 is 0.485 bits per heavy atom. The van der Waals surface area contributed by atoms with Gasteiger partial charge in [-0.1, -0.05) is 127 Å². The number of hydrogen-bond donors (Lipinski definition) is 7. The third-order valence-electron chi connectivity index (χ3n) is 11.8. The fraction of sp³-hybridized carbons (Fsp3) is 0.804. The smallest absolute Gasteiger partial charge is 0.306 e. The number of rotatable bonds is 38. The van der Waals surface area contributed by atoms with Crippen LogP contribution in [-0.2, 0) is 38.0 Å². The summed E-state index contributed by atoms with van der Waals surface area (Å²) < 4.78 is 33.5. The zero-order valence-corrected chi connectivity index (χ0v) is 40.2. The highest BCUT2D eigenvalue weighted by molar-refractivity contribution is 5.70. The Morgan fingerprint density at radius 3 is 1.47 bits per heavy atom. The molecule has 4 unspecified atom stereocenters. The van der Waals surface area contributed by atoms with Crippen molar-refractivity contribution in [2.24, 2.45) is 0 Å². The van der Waals surface area contributed by atoms with Gasteiger partial charge in [-0.2, -0.15) is 0 Å². The molecule has 2 rings (SSSR count). The molecule has 0 spiro atoms. The summed E-state index contributed by atoms with van der Waals surface area (Å²) in [6.07, 6.45) is 24.3. The average Bonchev–Trinajstić information content (AvgIpc) is 3.31. The Labute approximate surface area is 395 Å². The predicted octanol–water partition coefficient (Wildman–Crippen LogP) is 6.71. The Kier molecular flexibility index (Phi) is 34.6. The van der Waals surface area contributed by atoms with Crippen molar-refractivity contribution in [1.29, 1.82) is 0 Å². The van der Waals surface area contributed by atoms with Gasteiger partial charge in [-0.05, 0) is 77.0 Å². The lowest BCUT2D eigenvalue weighted by molar-refractivity contribution is -0.332. The second kappa shape index (κ2) is 38.3. The molecule has 15 nitrogen and oxygen atoms in total. The van der Waals surface area contributed by atoms with Crippen molar-refractivity contribution >= 4 is 11.9 Å². The number of ether oxygens (including phenoxy) is 6. The maximum absolute atomic E-state index is 13.0. The van der Waals surface area contributed by atoms with Crippen LogP contribution in [-0.4, -0.2) is 142 Å². The summed E-state index contributed by atoms with van der Waals surface area (Å²) in [7, 11) is 0. The normalized spacial score (nSPS) is 26.6. The number of aliphatic hydroxyl groups excluding tert-OH is 7. The van der Waals surface area contributed by atoms with Crippen LogP contribution in [0.25, 0.3) is 0 Å². The number of allylic oxidation sites excluding steroid dienone is 8. The van der Waals surface area contributed by atoms with E-state index in [4.69, 9.17) is 28.4 Å². The van der Waals surface area contributed by atoms with Crippen LogP contribution in [0.4, 0.5) is 0 Å². The molecule has 0 aromatic heterocycles. The van der Waals surface area contributed by atoms with E-state index >= 15 is 0 Å². The summed E-state index contributed by atoms with van der Waals surface area (Å²) in [6.45, 7) is 2.49. The highest BCUT2D eigenvalue weighted by Crippen LogP contribution is 2.26. The molecular weight excluding hydrogens is 853 g/mol. The van der Waals surface area contributed by atoms with Gasteiger partial charge in [0.25, 0.3) is 0 Å². The Balaban J connectivity index is 1.85. The van der Waals surface area contributed by atoms with Crippen molar-refractivity contribution in [3.05, 3.63) is 48.6 Å². The molecule has 0 aromatic carbocycles. The molecule has 0 radical (unpaired) electrons. The molecule has 0 aliphatic carbocycles. The van der Waals surface area contributed by atoms with E-state index in [1.54, 1.807) is 0 Å². The first-order chi connectivity index (χ1) is 32.0. The van der Waals surface area contributed by atoms with Crippen molar-refractivity contribution in [1.82, 2.24) is 0 Å². The number of unbranched alkanes of at least 4 members (excludes halogenated alkanes) is 16. The van der Waals surface area contributed by atoms with Crippen LogP contribution in [0.15, 0.2) is 48.6 Å². The molecule has 0 amide bonds. The van der Waals surface area contributed by atoms with Gasteiger partial charge in [0.2, 0.25) is 0 Å². The van der Waals surface area contributed by atoms with Gasteiger partial charge in [-0.25, -0.2) is 0 Å². The van der Waals surface area contributed by atoms with Crippen LogP contribution in [0.2, 0.25) is 0 Å². The van der Waals surface area contributed by atoms with E-state index in [1.165, 1.54) is 77.0 Å². The molecule has 0 saturated carbocycles. The average molecular weight is 941 g/mol. The van der Waals surface area contributed by atoms with Crippen LogP contribution in [0.1, 0.15) is 168 Å². The fourth-order valence-corrected chi connectivity index (χ4v) is 7.57. The van der Waals surface area contributed by atoms with E-state index in [9.17, 15) is 45.3 Å². The SMILES string of the molecule is CCCCC/C=C/C/C=C/C/C=C/CCCCC(=O)OC[C@H](CO[C@@H]1O[C@H](CO[C@@H]2O[C@H](CO)[C@H](O)C(O)C2O)[C@H](O)C(O)C1O)OC(=O)CCCC/C=C/CCCCCCCCCCC. The predicted molar refractivity (Wildman–Crippen MR) is 252 cm³/mol. The van der Waals surface area contributed by atoms with Gasteiger partial charge in [0.05, 0.1) is 19.8 Å². The Bertz CT molecular complexity index is 1340. The minimum Gasteiger partial charge on any atom is -0.462 e. The van der Waals surface area contributed by atoms with Crippen molar-refractivity contribution in [2.45, 2.75) is 235 Å². The number of hydrogen-bond acceptors (Lipinski definition) is 15. The van der Waals surface area contributed by atoms with Gasteiger partial charge >= 0.3 is 11.9 Å². The maximum atomic E-state index is 13.0. The second-order valence-electron chi connectivity index (χ2n) is 17.6. The van der Waals surface area contributed by atoms with Crippen LogP contribution >= 0.6 is 0 Å². The minimum absolute atomic E-state index is 0.126. The highest BCUT2D eigenvalue weighted by atomic mass is 16.7. The molecule has 2 saturated heterocycles. The topological polar surface area (TPSA) is 231 Å². The lowest BCUT2D eigenvalue weighted by Crippen LogP contribution is -2.61. The molecule has 15 heteroatoms. The van der Waals surface area contributed by atoms with Gasteiger partial charge in [0.1, 0.15) is 55.4 Å². The zero-order chi connectivity index (χ0) is 48.2. The van der Waals surface area contributed by atoms with Crippen LogP contribution in [0.3, 0.4) is 0 Å². The number of esters is 2. The van der Waals surface area contributed by atoms with Gasteiger partial charge in [0, 0.05) is 12.8 Å². The summed E-state index contributed by atoms with van der Waals surface area (Å²) in [5.74, 6) is -0.997.